The number of nitrogens with two attached hydrogens (primary N) is 1. The Morgan fingerprint density at radius 1 is 1.11 bits per heavy atom. The molecule has 0 spiro atoms. The third kappa shape index (κ3) is 5.36. The van der Waals surface area contributed by atoms with E-state index in [2.05, 4.69) is 0 Å². The maximum absolute atomic E-state index is 13.3. The lowest BCUT2D eigenvalue weighted by Gasteiger charge is -2.03. The molecule has 0 bridgehead atoms. The van der Waals surface area contributed by atoms with Crippen molar-refractivity contribution in [2.45, 2.75) is 38.5 Å². The number of unbranched alkanes of at least 4 members (excludes halogenated alkanes) is 3. The van der Waals surface area contributed by atoms with Crippen LogP contribution in [0.25, 0.3) is 0 Å². The molecule has 0 atom stereocenters. The normalized spacial score (nSPS) is 10.6. The lowest BCUT2D eigenvalue weighted by Crippen LogP contribution is -2.05. The molecular formula is C14H19F2NO. The van der Waals surface area contributed by atoms with E-state index in [-0.39, 0.29) is 17.8 Å². The molecule has 0 heterocycles. The number of benzene rings is 1. The summed E-state index contributed by atoms with van der Waals surface area (Å²) in [6.07, 6.45) is 4.11. The molecule has 1 aromatic rings. The van der Waals surface area contributed by atoms with Crippen LogP contribution in [0.4, 0.5) is 8.78 Å². The first-order valence-corrected chi connectivity index (χ1v) is 6.29. The predicted molar refractivity (Wildman–Crippen MR) is 67.2 cm³/mol. The Balaban J connectivity index is 2.33. The van der Waals surface area contributed by atoms with E-state index >= 15 is 0 Å². The van der Waals surface area contributed by atoms with E-state index in [0.29, 0.717) is 13.0 Å². The minimum Gasteiger partial charge on any atom is -0.330 e. The summed E-state index contributed by atoms with van der Waals surface area (Å²) in [6, 6.07) is 3.19. The molecule has 0 aliphatic carbocycles. The first-order chi connectivity index (χ1) is 8.63. The van der Waals surface area contributed by atoms with Crippen LogP contribution in [0.15, 0.2) is 18.2 Å². The van der Waals surface area contributed by atoms with Gasteiger partial charge >= 0.3 is 0 Å². The van der Waals surface area contributed by atoms with Crippen LogP contribution in [-0.2, 0) is 11.2 Å². The Kier molecular flexibility index (Phi) is 6.50. The number of Topliss-reactive ketones (excluding diaryl/α,β-unsaturated/α-hetero) is 1. The molecule has 4 heteroatoms. The van der Waals surface area contributed by atoms with E-state index in [9.17, 15) is 13.6 Å². The maximum Gasteiger partial charge on any atom is 0.137 e. The highest BCUT2D eigenvalue weighted by Crippen LogP contribution is 2.12. The van der Waals surface area contributed by atoms with Gasteiger partial charge in [-0.25, -0.2) is 8.78 Å². The second kappa shape index (κ2) is 7.93. The molecule has 0 saturated heterocycles. The Hall–Kier alpha value is -1.29. The summed E-state index contributed by atoms with van der Waals surface area (Å²) in [5.74, 6) is -1.08. The molecule has 0 amide bonds. The molecular weight excluding hydrogens is 236 g/mol. The summed E-state index contributed by atoms with van der Waals surface area (Å²) in [6.45, 7) is 0.669. The minimum atomic E-state index is -0.520. The van der Waals surface area contributed by atoms with Gasteiger partial charge in [0, 0.05) is 12.8 Å². The topological polar surface area (TPSA) is 43.1 Å². The number of hydrogen-bond donors (Lipinski definition) is 1. The number of hydrogen-bond acceptors (Lipinski definition) is 2. The summed E-state index contributed by atoms with van der Waals surface area (Å²) in [5, 5.41) is 0. The van der Waals surface area contributed by atoms with Gasteiger partial charge in [-0.15, -0.1) is 0 Å². The first kappa shape index (κ1) is 14.8. The van der Waals surface area contributed by atoms with E-state index in [1.807, 2.05) is 0 Å². The van der Waals surface area contributed by atoms with E-state index < -0.39 is 11.6 Å². The van der Waals surface area contributed by atoms with E-state index in [0.717, 1.165) is 43.9 Å². The molecule has 0 unspecified atom stereocenters. The van der Waals surface area contributed by atoms with Gasteiger partial charge in [-0.3, -0.25) is 4.79 Å². The highest BCUT2D eigenvalue weighted by molar-refractivity contribution is 5.80. The zero-order valence-corrected chi connectivity index (χ0v) is 10.4. The van der Waals surface area contributed by atoms with Crippen molar-refractivity contribution < 1.29 is 13.6 Å². The highest BCUT2D eigenvalue weighted by Gasteiger charge is 2.09. The van der Waals surface area contributed by atoms with Gasteiger partial charge in [0.25, 0.3) is 0 Å². The summed E-state index contributed by atoms with van der Waals surface area (Å²) >= 11 is 0. The van der Waals surface area contributed by atoms with Crippen molar-refractivity contribution in [3.8, 4) is 0 Å². The number of carbonyl (C=O) groups is 1. The maximum atomic E-state index is 13.3. The SMILES string of the molecule is NCCCCCCC(=O)Cc1cc(F)ccc1F. The largest absolute Gasteiger partial charge is 0.330 e. The number of carbonyl (C=O) groups excluding carboxylic acids is 1. The Bertz CT molecular complexity index is 393. The average Bonchev–Trinajstić information content (AvgIpc) is 2.33. The van der Waals surface area contributed by atoms with Gasteiger partial charge in [0.1, 0.15) is 17.4 Å². The molecule has 100 valence electrons. The monoisotopic (exact) mass is 255 g/mol. The zero-order valence-electron chi connectivity index (χ0n) is 10.4. The van der Waals surface area contributed by atoms with Gasteiger partial charge in [-0.1, -0.05) is 12.8 Å². The van der Waals surface area contributed by atoms with Gasteiger partial charge in [0.15, 0.2) is 0 Å². The van der Waals surface area contributed by atoms with Crippen LogP contribution in [0.5, 0.6) is 0 Å². The Morgan fingerprint density at radius 2 is 1.83 bits per heavy atom. The van der Waals surface area contributed by atoms with Crippen molar-refractivity contribution in [2.75, 3.05) is 6.54 Å². The lowest BCUT2D eigenvalue weighted by atomic mass is 10.0. The first-order valence-electron chi connectivity index (χ1n) is 6.29. The molecule has 1 aromatic carbocycles. The molecule has 2 N–H and O–H groups in total. The fraction of sp³-hybridized carbons (Fsp3) is 0.500. The highest BCUT2D eigenvalue weighted by atomic mass is 19.1. The van der Waals surface area contributed by atoms with Crippen LogP contribution in [0.3, 0.4) is 0 Å². The van der Waals surface area contributed by atoms with Gasteiger partial charge in [-0.05, 0) is 43.1 Å². The van der Waals surface area contributed by atoms with Crippen LogP contribution < -0.4 is 5.73 Å². The number of rotatable bonds is 8. The fourth-order valence-electron chi connectivity index (χ4n) is 1.80. The zero-order chi connectivity index (χ0) is 13.4. The van der Waals surface area contributed by atoms with Crippen LogP contribution in [0, 0.1) is 11.6 Å². The van der Waals surface area contributed by atoms with Crippen molar-refractivity contribution >= 4 is 5.78 Å². The van der Waals surface area contributed by atoms with E-state index in [1.165, 1.54) is 0 Å². The Labute approximate surface area is 106 Å². The second-order valence-corrected chi connectivity index (χ2v) is 4.40. The molecule has 18 heavy (non-hydrogen) atoms. The Morgan fingerprint density at radius 3 is 2.56 bits per heavy atom. The summed E-state index contributed by atoms with van der Waals surface area (Å²) in [4.78, 5) is 11.6. The van der Waals surface area contributed by atoms with Crippen molar-refractivity contribution in [1.29, 1.82) is 0 Å². The summed E-state index contributed by atoms with van der Waals surface area (Å²) in [7, 11) is 0. The smallest absolute Gasteiger partial charge is 0.137 e. The molecule has 0 aliphatic rings. The second-order valence-electron chi connectivity index (χ2n) is 4.40. The van der Waals surface area contributed by atoms with Crippen molar-refractivity contribution in [3.63, 3.8) is 0 Å². The molecule has 0 aliphatic heterocycles. The number of halogens is 2. The summed E-state index contributed by atoms with van der Waals surface area (Å²) < 4.78 is 26.2. The molecule has 0 fully saturated rings. The molecule has 1 rings (SSSR count). The lowest BCUT2D eigenvalue weighted by molar-refractivity contribution is -0.118. The summed E-state index contributed by atoms with van der Waals surface area (Å²) in [5.41, 5.74) is 5.50. The predicted octanol–water partition coefficient (Wildman–Crippen LogP) is 2.99. The van der Waals surface area contributed by atoms with Crippen LogP contribution >= 0.6 is 0 Å². The van der Waals surface area contributed by atoms with E-state index in [1.54, 1.807) is 0 Å². The van der Waals surface area contributed by atoms with Gasteiger partial charge < -0.3 is 5.73 Å². The molecule has 0 aromatic heterocycles. The van der Waals surface area contributed by atoms with Crippen LogP contribution in [0.1, 0.15) is 37.7 Å². The third-order valence-corrected chi connectivity index (χ3v) is 2.81. The average molecular weight is 255 g/mol. The van der Waals surface area contributed by atoms with Gasteiger partial charge in [0.05, 0.1) is 0 Å². The number of ketones is 1. The van der Waals surface area contributed by atoms with Gasteiger partial charge in [0.2, 0.25) is 0 Å². The van der Waals surface area contributed by atoms with Crippen LogP contribution in [-0.4, -0.2) is 12.3 Å². The van der Waals surface area contributed by atoms with Crippen molar-refractivity contribution in [1.82, 2.24) is 0 Å². The standard InChI is InChI=1S/C14H19F2NO/c15-12-6-7-14(16)11(9-12)10-13(18)5-3-1-2-4-8-17/h6-7,9H,1-5,8,10,17H2. The molecule has 0 radical (unpaired) electrons. The van der Waals surface area contributed by atoms with Crippen molar-refractivity contribution in [2.24, 2.45) is 5.73 Å². The van der Waals surface area contributed by atoms with Crippen molar-refractivity contribution in [3.05, 3.63) is 35.4 Å². The fourth-order valence-corrected chi connectivity index (χ4v) is 1.80. The van der Waals surface area contributed by atoms with Gasteiger partial charge in [-0.2, -0.15) is 0 Å². The van der Waals surface area contributed by atoms with Crippen LogP contribution in [0.2, 0.25) is 0 Å². The minimum absolute atomic E-state index is 0.0273. The molecule has 0 saturated carbocycles. The third-order valence-electron chi connectivity index (χ3n) is 2.81. The van der Waals surface area contributed by atoms with E-state index in [4.69, 9.17) is 5.73 Å². The molecule has 2 nitrogen and oxygen atoms in total. The quantitative estimate of drug-likeness (QED) is 0.726.